The van der Waals surface area contributed by atoms with Crippen LogP contribution in [0.5, 0.6) is 0 Å². The molecule has 0 spiro atoms. The van der Waals surface area contributed by atoms with Gasteiger partial charge in [0.05, 0.1) is 31.7 Å². The molecule has 0 amide bonds. The summed E-state index contributed by atoms with van der Waals surface area (Å²) in [6.45, 7) is 5.12. The topological polar surface area (TPSA) is 97.3 Å². The van der Waals surface area contributed by atoms with E-state index in [2.05, 4.69) is 27.1 Å². The van der Waals surface area contributed by atoms with Gasteiger partial charge in [-0.2, -0.15) is 9.97 Å². The van der Waals surface area contributed by atoms with Crippen molar-refractivity contribution in [3.8, 4) is 0 Å². The molecule has 8 nitrogen and oxygen atoms in total. The highest BCUT2D eigenvalue weighted by atomic mass is 35.5. The molecule has 3 heterocycles. The summed E-state index contributed by atoms with van der Waals surface area (Å²) in [4.78, 5) is 12.9. The molecule has 1 aromatic carbocycles. The summed E-state index contributed by atoms with van der Waals surface area (Å²) in [5.41, 5.74) is 8.28. The molecule has 3 fully saturated rings. The lowest BCUT2D eigenvalue weighted by Crippen LogP contribution is -2.33. The quantitative estimate of drug-likeness (QED) is 0.606. The SMILES string of the molecule is CC1(C)O[C@H]2[C@H](n3cnc4c(N)nc(Cl)nc43)[C@H]3C[C@@]3(COCc3ccccc3)[C@H]2O1. The number of nitrogen functional groups attached to an aromatic ring is 1. The Morgan fingerprint density at radius 1 is 1.23 bits per heavy atom. The molecular weight excluding hydrogens is 418 g/mol. The summed E-state index contributed by atoms with van der Waals surface area (Å²) in [6.07, 6.45) is 2.59. The number of hydrogen-bond acceptors (Lipinski definition) is 7. The number of aromatic nitrogens is 4. The molecule has 2 aromatic heterocycles. The van der Waals surface area contributed by atoms with Gasteiger partial charge in [0, 0.05) is 5.41 Å². The van der Waals surface area contributed by atoms with Gasteiger partial charge < -0.3 is 24.5 Å². The van der Waals surface area contributed by atoms with Gasteiger partial charge in [-0.05, 0) is 43.4 Å². The van der Waals surface area contributed by atoms with Crippen molar-refractivity contribution in [2.45, 2.75) is 50.9 Å². The van der Waals surface area contributed by atoms with Crippen molar-refractivity contribution in [2.75, 3.05) is 12.3 Å². The molecule has 1 saturated heterocycles. The number of benzene rings is 1. The van der Waals surface area contributed by atoms with Gasteiger partial charge in [0.2, 0.25) is 5.28 Å². The first kappa shape index (κ1) is 19.4. The second-order valence-electron chi connectivity index (χ2n) is 9.24. The fourth-order valence-electron chi connectivity index (χ4n) is 5.51. The third-order valence-corrected chi connectivity index (χ3v) is 7.02. The van der Waals surface area contributed by atoms with Crippen LogP contribution in [0.2, 0.25) is 5.28 Å². The first-order chi connectivity index (χ1) is 14.9. The lowest BCUT2D eigenvalue weighted by atomic mass is 10.0. The Kier molecular flexibility index (Phi) is 4.15. The van der Waals surface area contributed by atoms with E-state index in [0.29, 0.717) is 30.3 Å². The lowest BCUT2D eigenvalue weighted by molar-refractivity contribution is -0.164. The Morgan fingerprint density at radius 3 is 2.84 bits per heavy atom. The number of fused-ring (bicyclic) bond motifs is 4. The number of imidazole rings is 1. The summed E-state index contributed by atoms with van der Waals surface area (Å²) >= 11 is 6.10. The summed E-state index contributed by atoms with van der Waals surface area (Å²) in [5.74, 6) is -0.0440. The summed E-state index contributed by atoms with van der Waals surface area (Å²) in [6, 6.07) is 10.2. The Balaban J connectivity index is 1.32. The van der Waals surface area contributed by atoms with Gasteiger partial charge in [0.15, 0.2) is 17.3 Å². The van der Waals surface area contributed by atoms with Crippen molar-refractivity contribution in [1.82, 2.24) is 19.5 Å². The third-order valence-electron chi connectivity index (χ3n) is 6.85. The number of rotatable bonds is 5. The van der Waals surface area contributed by atoms with Crippen LogP contribution in [0.4, 0.5) is 5.82 Å². The van der Waals surface area contributed by atoms with Crippen molar-refractivity contribution in [3.05, 3.63) is 47.5 Å². The molecular formula is C22H24ClN5O3. The van der Waals surface area contributed by atoms with E-state index in [1.165, 1.54) is 0 Å². The van der Waals surface area contributed by atoms with Crippen molar-refractivity contribution >= 4 is 28.6 Å². The number of ether oxygens (including phenoxy) is 3. The van der Waals surface area contributed by atoms with Crippen LogP contribution in [-0.2, 0) is 20.8 Å². The Morgan fingerprint density at radius 2 is 2.03 bits per heavy atom. The van der Waals surface area contributed by atoms with Gasteiger partial charge in [-0.1, -0.05) is 30.3 Å². The van der Waals surface area contributed by atoms with Crippen LogP contribution >= 0.6 is 11.6 Å². The van der Waals surface area contributed by atoms with E-state index in [0.717, 1.165) is 12.0 Å². The zero-order chi connectivity index (χ0) is 21.4. The van der Waals surface area contributed by atoms with E-state index >= 15 is 0 Å². The highest BCUT2D eigenvalue weighted by molar-refractivity contribution is 6.28. The molecule has 0 bridgehead atoms. The first-order valence-corrected chi connectivity index (χ1v) is 10.9. The highest BCUT2D eigenvalue weighted by Crippen LogP contribution is 2.71. The number of anilines is 1. The maximum absolute atomic E-state index is 6.40. The van der Waals surface area contributed by atoms with E-state index in [4.69, 9.17) is 31.5 Å². The molecule has 5 atom stereocenters. The van der Waals surface area contributed by atoms with Crippen LogP contribution in [0.15, 0.2) is 36.7 Å². The molecule has 3 aliphatic rings. The summed E-state index contributed by atoms with van der Waals surface area (Å²) in [5, 5.41) is 0.110. The predicted octanol–water partition coefficient (Wildman–Crippen LogP) is 3.36. The van der Waals surface area contributed by atoms with Crippen LogP contribution in [-0.4, -0.2) is 44.1 Å². The van der Waals surface area contributed by atoms with E-state index in [1.54, 1.807) is 6.33 Å². The minimum atomic E-state index is -0.657. The standard InChI is InChI=1S/C22H24ClN5O3/c1-21(2)30-16-15(28-11-25-14-18(24)26-20(23)27-19(14)28)13-8-22(13,17(16)31-21)10-29-9-12-6-4-3-5-7-12/h3-7,11,13,15-17H,8-10H2,1-2H3,(H2,24,26,27)/t13-,15-,16+,17+,22+/m1/s1. The van der Waals surface area contributed by atoms with Gasteiger partial charge >= 0.3 is 0 Å². The van der Waals surface area contributed by atoms with Gasteiger partial charge in [0.1, 0.15) is 11.6 Å². The molecule has 31 heavy (non-hydrogen) atoms. The zero-order valence-corrected chi connectivity index (χ0v) is 18.1. The van der Waals surface area contributed by atoms with Gasteiger partial charge in [-0.3, -0.25) is 0 Å². The summed E-state index contributed by atoms with van der Waals surface area (Å²) in [7, 11) is 0. The molecule has 162 valence electrons. The normalized spacial score (nSPS) is 32.9. The van der Waals surface area contributed by atoms with Gasteiger partial charge in [-0.15, -0.1) is 0 Å². The fraction of sp³-hybridized carbons (Fsp3) is 0.500. The molecule has 0 unspecified atom stereocenters. The average Bonchev–Trinajstić information content (AvgIpc) is 2.98. The molecule has 9 heteroatoms. The van der Waals surface area contributed by atoms with Crippen LogP contribution < -0.4 is 5.73 Å². The van der Waals surface area contributed by atoms with Crippen molar-refractivity contribution < 1.29 is 14.2 Å². The van der Waals surface area contributed by atoms with Crippen LogP contribution in [0.3, 0.4) is 0 Å². The third kappa shape index (κ3) is 2.96. The van der Waals surface area contributed by atoms with Crippen molar-refractivity contribution in [1.29, 1.82) is 0 Å². The van der Waals surface area contributed by atoms with Crippen LogP contribution in [0.1, 0.15) is 31.9 Å². The van der Waals surface area contributed by atoms with E-state index < -0.39 is 5.79 Å². The fourth-order valence-corrected chi connectivity index (χ4v) is 5.68. The highest BCUT2D eigenvalue weighted by Gasteiger charge is 2.76. The smallest absolute Gasteiger partial charge is 0.226 e. The molecule has 2 saturated carbocycles. The lowest BCUT2D eigenvalue weighted by Gasteiger charge is -2.24. The Hall–Kier alpha value is -2.26. The first-order valence-electron chi connectivity index (χ1n) is 10.5. The largest absolute Gasteiger partial charge is 0.382 e. The molecule has 0 radical (unpaired) electrons. The minimum absolute atomic E-state index is 0.0162. The Labute approximate surface area is 184 Å². The van der Waals surface area contributed by atoms with Crippen molar-refractivity contribution in [3.63, 3.8) is 0 Å². The second-order valence-corrected chi connectivity index (χ2v) is 9.57. The number of hydrogen-bond donors (Lipinski definition) is 1. The second kappa shape index (κ2) is 6.62. The number of nitrogens with two attached hydrogens (primary N) is 1. The summed E-state index contributed by atoms with van der Waals surface area (Å²) < 4.78 is 21.0. The number of nitrogens with zero attached hydrogens (tertiary/aromatic N) is 4. The van der Waals surface area contributed by atoms with Crippen LogP contribution in [0.25, 0.3) is 11.2 Å². The zero-order valence-electron chi connectivity index (χ0n) is 17.4. The molecule has 2 N–H and O–H groups in total. The predicted molar refractivity (Wildman–Crippen MR) is 114 cm³/mol. The van der Waals surface area contributed by atoms with Crippen LogP contribution in [0, 0.1) is 11.3 Å². The minimum Gasteiger partial charge on any atom is -0.382 e. The molecule has 2 aliphatic carbocycles. The number of halogens is 1. The Bertz CT molecular complexity index is 1150. The average molecular weight is 442 g/mol. The van der Waals surface area contributed by atoms with Gasteiger partial charge in [-0.25, -0.2) is 4.98 Å². The molecule has 1 aliphatic heterocycles. The van der Waals surface area contributed by atoms with E-state index in [1.807, 2.05) is 36.6 Å². The van der Waals surface area contributed by atoms with Gasteiger partial charge in [0.25, 0.3) is 0 Å². The van der Waals surface area contributed by atoms with E-state index in [9.17, 15) is 0 Å². The van der Waals surface area contributed by atoms with E-state index in [-0.39, 0.29) is 34.8 Å². The maximum atomic E-state index is 6.40. The maximum Gasteiger partial charge on any atom is 0.226 e. The monoisotopic (exact) mass is 441 g/mol. The van der Waals surface area contributed by atoms with Crippen molar-refractivity contribution in [2.24, 2.45) is 11.3 Å². The molecule has 6 rings (SSSR count). The molecule has 3 aromatic rings.